The number of pyridine rings is 1. The molecule has 84 valence electrons. The van der Waals surface area contributed by atoms with Gasteiger partial charge in [-0.2, -0.15) is 0 Å². The highest BCUT2D eigenvalue weighted by molar-refractivity contribution is 5.62. The zero-order valence-electron chi connectivity index (χ0n) is 9.39. The molecule has 0 N–H and O–H groups in total. The number of halogens is 1. The number of aromatic nitrogens is 2. The monoisotopic (exact) mass is 226 g/mol. The summed E-state index contributed by atoms with van der Waals surface area (Å²) in [6.45, 7) is 2.02. The fourth-order valence-electron chi connectivity index (χ4n) is 1.94. The zero-order chi connectivity index (χ0) is 11.8. The second-order valence-electron chi connectivity index (χ2n) is 4.03. The van der Waals surface area contributed by atoms with Crippen LogP contribution in [0.1, 0.15) is 5.69 Å². The number of imidazole rings is 1. The van der Waals surface area contributed by atoms with Crippen molar-refractivity contribution in [2.45, 2.75) is 6.92 Å². The van der Waals surface area contributed by atoms with E-state index >= 15 is 0 Å². The number of nitrogens with zero attached hydrogens (tertiary/aromatic N) is 2. The van der Waals surface area contributed by atoms with E-state index in [1.54, 1.807) is 6.07 Å². The average Bonchev–Trinajstić information content (AvgIpc) is 2.74. The highest BCUT2D eigenvalue weighted by atomic mass is 19.1. The Kier molecular flexibility index (Phi) is 2.18. The van der Waals surface area contributed by atoms with Crippen molar-refractivity contribution in [3.63, 3.8) is 0 Å². The molecule has 0 fully saturated rings. The molecule has 1 aromatic carbocycles. The first kappa shape index (κ1) is 10.0. The van der Waals surface area contributed by atoms with Crippen LogP contribution in [0.3, 0.4) is 0 Å². The number of rotatable bonds is 1. The van der Waals surface area contributed by atoms with Crippen LogP contribution in [0.15, 0.2) is 48.7 Å². The SMILES string of the molecule is Cc1cccc2nc(-c3cccc(F)c3)cn12. The van der Waals surface area contributed by atoms with Crippen LogP contribution in [0.2, 0.25) is 0 Å². The summed E-state index contributed by atoms with van der Waals surface area (Å²) in [6, 6.07) is 12.4. The van der Waals surface area contributed by atoms with Gasteiger partial charge in [0, 0.05) is 17.5 Å². The van der Waals surface area contributed by atoms with Crippen molar-refractivity contribution in [2.75, 3.05) is 0 Å². The molecule has 0 amide bonds. The minimum Gasteiger partial charge on any atom is -0.304 e. The molecule has 3 rings (SSSR count). The molecule has 2 aromatic heterocycles. The Morgan fingerprint density at radius 1 is 1.12 bits per heavy atom. The van der Waals surface area contributed by atoms with Crippen LogP contribution in [0.5, 0.6) is 0 Å². The summed E-state index contributed by atoms with van der Waals surface area (Å²) >= 11 is 0. The Balaban J connectivity index is 2.22. The second-order valence-corrected chi connectivity index (χ2v) is 4.03. The van der Waals surface area contributed by atoms with Gasteiger partial charge in [-0.1, -0.05) is 18.2 Å². The molecule has 2 heterocycles. The van der Waals surface area contributed by atoms with Gasteiger partial charge in [0.2, 0.25) is 0 Å². The molecular weight excluding hydrogens is 215 g/mol. The van der Waals surface area contributed by atoms with Gasteiger partial charge in [-0.3, -0.25) is 0 Å². The molecule has 0 atom stereocenters. The Labute approximate surface area is 98.4 Å². The highest BCUT2D eigenvalue weighted by Crippen LogP contribution is 2.20. The van der Waals surface area contributed by atoms with Crippen molar-refractivity contribution < 1.29 is 4.39 Å². The van der Waals surface area contributed by atoms with Gasteiger partial charge in [-0.05, 0) is 31.2 Å². The lowest BCUT2D eigenvalue weighted by Gasteiger charge is -1.96. The Bertz CT molecular complexity index is 686. The highest BCUT2D eigenvalue weighted by Gasteiger charge is 2.05. The molecule has 2 nitrogen and oxygen atoms in total. The Hall–Kier alpha value is -2.16. The third-order valence-electron chi connectivity index (χ3n) is 2.82. The van der Waals surface area contributed by atoms with Gasteiger partial charge in [-0.15, -0.1) is 0 Å². The number of hydrogen-bond donors (Lipinski definition) is 0. The van der Waals surface area contributed by atoms with Crippen LogP contribution >= 0.6 is 0 Å². The smallest absolute Gasteiger partial charge is 0.137 e. The van der Waals surface area contributed by atoms with E-state index in [-0.39, 0.29) is 5.82 Å². The number of hydrogen-bond acceptors (Lipinski definition) is 1. The van der Waals surface area contributed by atoms with E-state index in [9.17, 15) is 4.39 Å². The topological polar surface area (TPSA) is 17.3 Å². The minimum absolute atomic E-state index is 0.240. The van der Waals surface area contributed by atoms with Crippen molar-refractivity contribution in [3.05, 3.63) is 60.2 Å². The first-order valence-corrected chi connectivity index (χ1v) is 5.45. The van der Waals surface area contributed by atoms with Crippen molar-refractivity contribution >= 4 is 5.65 Å². The number of benzene rings is 1. The van der Waals surface area contributed by atoms with E-state index in [0.29, 0.717) is 0 Å². The van der Waals surface area contributed by atoms with Crippen LogP contribution in [0.25, 0.3) is 16.9 Å². The molecule has 0 aliphatic carbocycles. The van der Waals surface area contributed by atoms with Gasteiger partial charge in [0.1, 0.15) is 11.5 Å². The Morgan fingerprint density at radius 2 is 1.94 bits per heavy atom. The van der Waals surface area contributed by atoms with E-state index in [2.05, 4.69) is 4.98 Å². The Morgan fingerprint density at radius 3 is 2.71 bits per heavy atom. The number of aryl methyl sites for hydroxylation is 1. The summed E-state index contributed by atoms with van der Waals surface area (Å²) < 4.78 is 15.2. The molecule has 0 radical (unpaired) electrons. The third kappa shape index (κ3) is 1.69. The molecule has 0 saturated carbocycles. The van der Waals surface area contributed by atoms with Crippen LogP contribution in [0.4, 0.5) is 4.39 Å². The third-order valence-corrected chi connectivity index (χ3v) is 2.82. The molecule has 0 saturated heterocycles. The summed E-state index contributed by atoms with van der Waals surface area (Å²) in [4.78, 5) is 4.48. The molecule has 0 unspecified atom stereocenters. The largest absolute Gasteiger partial charge is 0.304 e. The molecule has 0 aliphatic heterocycles. The zero-order valence-corrected chi connectivity index (χ0v) is 9.39. The van der Waals surface area contributed by atoms with Crippen molar-refractivity contribution in [2.24, 2.45) is 0 Å². The van der Waals surface area contributed by atoms with E-state index in [4.69, 9.17) is 0 Å². The van der Waals surface area contributed by atoms with Gasteiger partial charge in [0.05, 0.1) is 5.69 Å². The molecule has 0 aliphatic rings. The summed E-state index contributed by atoms with van der Waals surface area (Å²) in [5.74, 6) is -0.240. The van der Waals surface area contributed by atoms with Gasteiger partial charge in [0.25, 0.3) is 0 Å². The molecule has 0 bridgehead atoms. The van der Waals surface area contributed by atoms with E-state index in [1.165, 1.54) is 12.1 Å². The minimum atomic E-state index is -0.240. The van der Waals surface area contributed by atoms with Gasteiger partial charge >= 0.3 is 0 Å². The van der Waals surface area contributed by atoms with Crippen LogP contribution in [-0.2, 0) is 0 Å². The standard InChI is InChI=1S/C14H11FN2/c1-10-4-2-7-14-16-13(9-17(10)14)11-5-3-6-12(15)8-11/h2-9H,1H3. The molecule has 17 heavy (non-hydrogen) atoms. The van der Waals surface area contributed by atoms with Crippen LogP contribution < -0.4 is 0 Å². The van der Waals surface area contributed by atoms with Gasteiger partial charge in [0.15, 0.2) is 0 Å². The van der Waals surface area contributed by atoms with Crippen molar-refractivity contribution in [3.8, 4) is 11.3 Å². The first-order valence-electron chi connectivity index (χ1n) is 5.45. The summed E-state index contributed by atoms with van der Waals surface area (Å²) in [6.07, 6.45) is 1.93. The lowest BCUT2D eigenvalue weighted by Crippen LogP contribution is -1.86. The predicted octanol–water partition coefficient (Wildman–Crippen LogP) is 3.45. The van der Waals surface area contributed by atoms with E-state index < -0.39 is 0 Å². The van der Waals surface area contributed by atoms with E-state index in [0.717, 1.165) is 22.6 Å². The van der Waals surface area contributed by atoms with Gasteiger partial charge in [-0.25, -0.2) is 9.37 Å². The lowest BCUT2D eigenvalue weighted by molar-refractivity contribution is 0.628. The maximum Gasteiger partial charge on any atom is 0.137 e. The summed E-state index contributed by atoms with van der Waals surface area (Å²) in [5.41, 5.74) is 3.58. The van der Waals surface area contributed by atoms with Crippen molar-refractivity contribution in [1.82, 2.24) is 9.38 Å². The van der Waals surface area contributed by atoms with Crippen LogP contribution in [-0.4, -0.2) is 9.38 Å². The fraction of sp³-hybridized carbons (Fsp3) is 0.0714. The average molecular weight is 226 g/mol. The predicted molar refractivity (Wildman–Crippen MR) is 65.3 cm³/mol. The van der Waals surface area contributed by atoms with Gasteiger partial charge < -0.3 is 4.40 Å². The molecule has 3 aromatic rings. The molecule has 0 spiro atoms. The first-order chi connectivity index (χ1) is 8.24. The quantitative estimate of drug-likeness (QED) is 0.621. The second kappa shape index (κ2) is 3.70. The summed E-state index contributed by atoms with van der Waals surface area (Å²) in [7, 11) is 0. The number of fused-ring (bicyclic) bond motifs is 1. The molecular formula is C14H11FN2. The maximum atomic E-state index is 13.2. The van der Waals surface area contributed by atoms with Crippen LogP contribution in [0, 0.1) is 12.7 Å². The maximum absolute atomic E-state index is 13.2. The van der Waals surface area contributed by atoms with E-state index in [1.807, 2.05) is 41.8 Å². The van der Waals surface area contributed by atoms with Crippen molar-refractivity contribution in [1.29, 1.82) is 0 Å². The molecule has 3 heteroatoms. The normalized spacial score (nSPS) is 10.9. The fourth-order valence-corrected chi connectivity index (χ4v) is 1.94. The lowest BCUT2D eigenvalue weighted by atomic mass is 10.2. The summed E-state index contributed by atoms with van der Waals surface area (Å²) in [5, 5.41) is 0.